The minimum Gasteiger partial charge on any atom is -0.459 e. The van der Waals surface area contributed by atoms with E-state index in [2.05, 4.69) is 18.2 Å². The number of phosphoric ester groups is 1. The maximum Gasteiger partial charge on any atom is 0.481 e. The van der Waals surface area contributed by atoms with Crippen LogP contribution in [0.2, 0.25) is 0 Å². The second kappa shape index (κ2) is 35.1. The van der Waals surface area contributed by atoms with Gasteiger partial charge in [-0.2, -0.15) is 16.1 Å². The van der Waals surface area contributed by atoms with Crippen LogP contribution in [0.3, 0.4) is 0 Å². The lowest BCUT2D eigenvalue weighted by molar-refractivity contribution is -0.149. The van der Waals surface area contributed by atoms with E-state index < -0.39 is 34.3 Å². The summed E-state index contributed by atoms with van der Waals surface area (Å²) in [5.74, 6) is 0.823. The van der Waals surface area contributed by atoms with Gasteiger partial charge in [-0.25, -0.2) is 9.13 Å². The summed E-state index contributed by atoms with van der Waals surface area (Å²) in [4.78, 5) is 39.9. The molecule has 2 unspecified atom stereocenters. The van der Waals surface area contributed by atoms with Crippen molar-refractivity contribution in [1.82, 2.24) is 0 Å². The van der Waals surface area contributed by atoms with Crippen molar-refractivity contribution in [2.45, 2.75) is 213 Å². The fourth-order valence-corrected chi connectivity index (χ4v) is 8.57. The summed E-state index contributed by atoms with van der Waals surface area (Å²) in [5.41, 5.74) is 0. The zero-order valence-corrected chi connectivity index (χ0v) is 34.1. The first-order valence-electron chi connectivity index (χ1n) is 20.1. The van der Waals surface area contributed by atoms with Crippen molar-refractivity contribution >= 4 is 33.4 Å². The second-order valence-electron chi connectivity index (χ2n) is 13.8. The number of phosphoric acid groups is 2. The van der Waals surface area contributed by atoms with Crippen LogP contribution in [-0.4, -0.2) is 44.9 Å². The van der Waals surface area contributed by atoms with E-state index in [1.165, 1.54) is 154 Å². The average Bonchev–Trinajstić information content (AvgIpc) is 3.04. The summed E-state index contributed by atoms with van der Waals surface area (Å²) in [6.07, 6.45) is 36.2. The molecule has 0 aliphatic rings. The van der Waals surface area contributed by atoms with Gasteiger partial charge in [-0.1, -0.05) is 187 Å². The second-order valence-corrected chi connectivity index (χ2v) is 17.8. The molecule has 0 saturated heterocycles. The Bertz CT molecular complexity index is 828. The largest absolute Gasteiger partial charge is 0.481 e. The molecule has 0 amide bonds. The first kappa shape index (κ1) is 49.1. The quantitative estimate of drug-likeness (QED) is 0.0315. The zero-order valence-electron chi connectivity index (χ0n) is 31.5. The molecule has 0 spiro atoms. The fourth-order valence-electron chi connectivity index (χ4n) is 5.95. The number of hydrogen-bond acceptors (Lipinski definition) is 7. The van der Waals surface area contributed by atoms with Gasteiger partial charge in [-0.15, -0.1) is 0 Å². The van der Waals surface area contributed by atoms with Crippen LogP contribution in [0.4, 0.5) is 0 Å². The average molecular weight is 759 g/mol. The van der Waals surface area contributed by atoms with Gasteiger partial charge in [0, 0.05) is 12.2 Å². The molecule has 9 nitrogen and oxygen atoms in total. The van der Waals surface area contributed by atoms with E-state index in [-0.39, 0.29) is 6.42 Å². The van der Waals surface area contributed by atoms with Crippen LogP contribution in [0.25, 0.3) is 0 Å². The molecule has 0 fully saturated rings. The van der Waals surface area contributed by atoms with Crippen molar-refractivity contribution in [3.8, 4) is 0 Å². The van der Waals surface area contributed by atoms with Crippen LogP contribution in [0.1, 0.15) is 206 Å². The van der Waals surface area contributed by atoms with Gasteiger partial charge in [-0.3, -0.25) is 9.32 Å². The topological polar surface area (TPSA) is 140 Å². The first-order chi connectivity index (χ1) is 23.6. The molecule has 0 aromatic heterocycles. The Morgan fingerprint density at radius 1 is 0.551 bits per heavy atom. The Morgan fingerprint density at radius 2 is 0.898 bits per heavy atom. The lowest BCUT2D eigenvalue weighted by Gasteiger charge is -2.19. The van der Waals surface area contributed by atoms with Crippen LogP contribution >= 0.6 is 27.4 Å². The van der Waals surface area contributed by atoms with Crippen LogP contribution in [0, 0.1) is 0 Å². The van der Waals surface area contributed by atoms with E-state index in [0.717, 1.165) is 37.9 Å². The Balaban J connectivity index is 4.10. The first-order valence-corrected chi connectivity index (χ1v) is 24.3. The minimum atomic E-state index is -5.22. The lowest BCUT2D eigenvalue weighted by atomic mass is 10.0. The van der Waals surface area contributed by atoms with Gasteiger partial charge >= 0.3 is 21.6 Å². The molecule has 49 heavy (non-hydrogen) atoms. The van der Waals surface area contributed by atoms with Crippen molar-refractivity contribution in [3.05, 3.63) is 0 Å². The van der Waals surface area contributed by atoms with E-state index in [0.29, 0.717) is 5.75 Å². The third-order valence-corrected chi connectivity index (χ3v) is 12.2. The zero-order chi connectivity index (χ0) is 36.3. The van der Waals surface area contributed by atoms with Gasteiger partial charge in [0.25, 0.3) is 0 Å². The summed E-state index contributed by atoms with van der Waals surface area (Å²) in [5, 5.41) is 0. The van der Waals surface area contributed by atoms with Gasteiger partial charge in [0.1, 0.15) is 6.10 Å². The number of carbonyl (C=O) groups excluding carboxylic acids is 1. The number of carbonyl (C=O) groups is 1. The highest BCUT2D eigenvalue weighted by molar-refractivity contribution is 7.99. The Labute approximate surface area is 305 Å². The number of esters is 1. The van der Waals surface area contributed by atoms with Crippen LogP contribution < -0.4 is 0 Å². The number of rotatable bonds is 39. The highest BCUT2D eigenvalue weighted by atomic mass is 32.2. The SMILES string of the molecule is CCCCCCCCCCCCCCCCCCSCC(COP(=O)(O)OP(=O)(O)O)OC(=O)CCCCCCCCCCCCCCC. The third kappa shape index (κ3) is 39.1. The van der Waals surface area contributed by atoms with Crippen LogP contribution in [0.5, 0.6) is 0 Å². The Hall–Kier alpha value is 0.0800. The van der Waals surface area contributed by atoms with Gasteiger partial charge in [0.05, 0.1) is 6.61 Å². The highest BCUT2D eigenvalue weighted by Crippen LogP contribution is 2.57. The van der Waals surface area contributed by atoms with E-state index in [1.807, 2.05) is 0 Å². The van der Waals surface area contributed by atoms with E-state index in [9.17, 15) is 18.8 Å². The van der Waals surface area contributed by atoms with E-state index in [1.54, 1.807) is 11.8 Å². The fraction of sp³-hybridized carbons (Fsp3) is 0.973. The molecule has 3 N–H and O–H groups in total. The molecule has 0 rings (SSSR count). The minimum absolute atomic E-state index is 0.258. The monoisotopic (exact) mass is 758 g/mol. The normalized spacial score (nSPS) is 13.8. The third-order valence-electron chi connectivity index (χ3n) is 8.86. The molecule has 0 bridgehead atoms. The standard InChI is InChI=1S/C37H76O9P2S/c1-3-5-7-9-11-13-15-17-18-19-21-23-25-27-29-31-33-49-35-36(34-44-48(42,43)46-47(39,40)41)45-37(38)32-30-28-26-24-22-20-16-14-12-10-8-6-4-2/h36H,3-35H2,1-2H3,(H,42,43)(H2,39,40,41). The number of hydrogen-bond donors (Lipinski definition) is 3. The predicted octanol–water partition coefficient (Wildman–Crippen LogP) is 12.6. The molecular weight excluding hydrogens is 682 g/mol. The van der Waals surface area contributed by atoms with E-state index in [4.69, 9.17) is 19.0 Å². The molecule has 0 heterocycles. The molecule has 0 saturated carbocycles. The van der Waals surface area contributed by atoms with Crippen molar-refractivity contribution in [3.63, 3.8) is 0 Å². The summed E-state index contributed by atoms with van der Waals surface area (Å²) in [6.45, 7) is 4.02. The van der Waals surface area contributed by atoms with Gasteiger partial charge in [0.15, 0.2) is 0 Å². The van der Waals surface area contributed by atoms with Gasteiger partial charge in [-0.05, 0) is 18.6 Å². The molecule has 0 aromatic carbocycles. The maximum absolute atomic E-state index is 12.5. The van der Waals surface area contributed by atoms with Crippen molar-refractivity contribution in [2.75, 3.05) is 18.1 Å². The van der Waals surface area contributed by atoms with Crippen molar-refractivity contribution < 1.29 is 42.2 Å². The van der Waals surface area contributed by atoms with Gasteiger partial charge < -0.3 is 19.4 Å². The Kier molecular flexibility index (Phi) is 35.2. The van der Waals surface area contributed by atoms with Crippen LogP contribution in [0.15, 0.2) is 0 Å². The number of ether oxygens (including phenoxy) is 1. The summed E-state index contributed by atoms with van der Waals surface area (Å²) in [7, 11) is -10.2. The number of thioether (sulfide) groups is 1. The number of unbranched alkanes of at least 4 members (excludes halogenated alkanes) is 27. The molecule has 0 aliphatic heterocycles. The summed E-state index contributed by atoms with van der Waals surface area (Å²) < 4.78 is 37.2. The molecule has 12 heteroatoms. The summed E-state index contributed by atoms with van der Waals surface area (Å²) in [6, 6.07) is 0. The Morgan fingerprint density at radius 3 is 1.27 bits per heavy atom. The smallest absolute Gasteiger partial charge is 0.459 e. The maximum atomic E-state index is 12.5. The lowest BCUT2D eigenvalue weighted by Crippen LogP contribution is -2.26. The van der Waals surface area contributed by atoms with Crippen molar-refractivity contribution in [2.24, 2.45) is 0 Å². The molecule has 294 valence electrons. The van der Waals surface area contributed by atoms with E-state index >= 15 is 0 Å². The van der Waals surface area contributed by atoms with Gasteiger partial charge in [0.2, 0.25) is 0 Å². The molecule has 0 aromatic rings. The highest BCUT2D eigenvalue weighted by Gasteiger charge is 2.33. The molecule has 0 aliphatic carbocycles. The summed E-state index contributed by atoms with van der Waals surface area (Å²) >= 11 is 1.58. The van der Waals surface area contributed by atoms with Crippen molar-refractivity contribution in [1.29, 1.82) is 0 Å². The molecule has 0 radical (unpaired) electrons. The molecule has 2 atom stereocenters. The molecular formula is C37H76O9P2S. The predicted molar refractivity (Wildman–Crippen MR) is 206 cm³/mol. The van der Waals surface area contributed by atoms with Crippen LogP contribution in [-0.2, 0) is 27.5 Å².